The van der Waals surface area contributed by atoms with Gasteiger partial charge in [0.1, 0.15) is 10.8 Å². The lowest BCUT2D eigenvalue weighted by molar-refractivity contribution is -0.118. The summed E-state index contributed by atoms with van der Waals surface area (Å²) in [5, 5.41) is 3.77. The van der Waals surface area contributed by atoms with Crippen molar-refractivity contribution < 1.29 is 19.1 Å². The molecule has 0 radical (unpaired) electrons. The van der Waals surface area contributed by atoms with Crippen molar-refractivity contribution in [1.82, 2.24) is 0 Å². The Hall–Kier alpha value is -2.05. The summed E-state index contributed by atoms with van der Waals surface area (Å²) in [5.41, 5.74) is 1.48. The highest BCUT2D eigenvalue weighted by atomic mass is 35.5. The van der Waals surface area contributed by atoms with E-state index in [1.807, 2.05) is 0 Å². The summed E-state index contributed by atoms with van der Waals surface area (Å²) in [6, 6.07) is 6.96. The topological polar surface area (TPSA) is 64.6 Å². The highest BCUT2D eigenvalue weighted by molar-refractivity contribution is 7.17. The zero-order chi connectivity index (χ0) is 18.7. The Labute approximate surface area is 161 Å². The van der Waals surface area contributed by atoms with Gasteiger partial charge in [0.15, 0.2) is 6.61 Å². The Kier molecular flexibility index (Phi) is 5.84. The van der Waals surface area contributed by atoms with Crippen LogP contribution in [0, 0.1) is 5.92 Å². The molecule has 138 valence electrons. The van der Waals surface area contributed by atoms with Crippen LogP contribution in [-0.2, 0) is 22.4 Å². The van der Waals surface area contributed by atoms with Crippen molar-refractivity contribution in [2.24, 2.45) is 5.92 Å². The molecule has 26 heavy (non-hydrogen) atoms. The number of fused-ring (bicyclic) bond motifs is 1. The van der Waals surface area contributed by atoms with Gasteiger partial charge in [-0.2, -0.15) is 0 Å². The summed E-state index contributed by atoms with van der Waals surface area (Å²) in [6.07, 6.45) is 2.76. The van der Waals surface area contributed by atoms with E-state index in [9.17, 15) is 9.59 Å². The van der Waals surface area contributed by atoms with Gasteiger partial charge < -0.3 is 14.8 Å². The number of esters is 1. The third kappa shape index (κ3) is 4.02. The van der Waals surface area contributed by atoms with Gasteiger partial charge >= 0.3 is 5.97 Å². The zero-order valence-corrected chi connectivity index (χ0v) is 16.2. The number of carbonyl (C=O) groups excluding carboxylic acids is 2. The number of rotatable bonds is 5. The van der Waals surface area contributed by atoms with E-state index in [-0.39, 0.29) is 12.5 Å². The molecule has 0 saturated heterocycles. The smallest absolute Gasteiger partial charge is 0.341 e. The van der Waals surface area contributed by atoms with E-state index in [4.69, 9.17) is 21.1 Å². The minimum Gasteiger partial charge on any atom is -0.482 e. The maximum absolute atomic E-state index is 12.3. The van der Waals surface area contributed by atoms with Crippen LogP contribution in [0.4, 0.5) is 5.00 Å². The van der Waals surface area contributed by atoms with E-state index in [2.05, 4.69) is 12.2 Å². The third-order valence-electron chi connectivity index (χ3n) is 4.35. The Bertz CT molecular complexity index is 833. The minimum atomic E-state index is -0.417. The second-order valence-electron chi connectivity index (χ2n) is 6.31. The standard InChI is InChI=1S/C19H20ClNO4S/c1-11-7-8-12-15(9-11)26-18(17(12)19(23)24-2)21-16(22)10-25-14-6-4-3-5-13(14)20/h3-6,11H,7-10H2,1-2H3,(H,21,22)/t11-/m0/s1. The predicted octanol–water partition coefficient (Wildman–Crippen LogP) is 4.33. The largest absolute Gasteiger partial charge is 0.482 e. The maximum atomic E-state index is 12.3. The zero-order valence-electron chi connectivity index (χ0n) is 14.6. The molecule has 1 heterocycles. The molecule has 5 nitrogen and oxygen atoms in total. The van der Waals surface area contributed by atoms with Crippen molar-refractivity contribution in [3.63, 3.8) is 0 Å². The van der Waals surface area contributed by atoms with E-state index in [1.165, 1.54) is 18.4 Å². The fraction of sp³-hybridized carbons (Fsp3) is 0.368. The molecule has 7 heteroatoms. The van der Waals surface area contributed by atoms with Crippen molar-refractivity contribution in [3.8, 4) is 5.75 Å². The van der Waals surface area contributed by atoms with E-state index in [1.54, 1.807) is 24.3 Å². The molecule has 1 amide bonds. The van der Waals surface area contributed by atoms with Crippen LogP contribution in [0.5, 0.6) is 5.75 Å². The number of nitrogens with one attached hydrogen (secondary N) is 1. The van der Waals surface area contributed by atoms with Crippen molar-refractivity contribution in [1.29, 1.82) is 0 Å². The molecule has 1 aromatic carbocycles. The Balaban J connectivity index is 1.75. The summed E-state index contributed by atoms with van der Waals surface area (Å²) < 4.78 is 10.4. The molecule has 1 aliphatic rings. The average molecular weight is 394 g/mol. The lowest BCUT2D eigenvalue weighted by atomic mass is 9.88. The number of thiophene rings is 1. The molecule has 0 saturated carbocycles. The van der Waals surface area contributed by atoms with Gasteiger partial charge in [0, 0.05) is 4.88 Å². The van der Waals surface area contributed by atoms with Crippen LogP contribution >= 0.6 is 22.9 Å². The predicted molar refractivity (Wildman–Crippen MR) is 102 cm³/mol. The second kappa shape index (κ2) is 8.10. The third-order valence-corrected chi connectivity index (χ3v) is 5.83. The second-order valence-corrected chi connectivity index (χ2v) is 7.83. The monoisotopic (exact) mass is 393 g/mol. The summed E-state index contributed by atoms with van der Waals surface area (Å²) in [4.78, 5) is 25.7. The van der Waals surface area contributed by atoms with Crippen LogP contribution in [0.25, 0.3) is 0 Å². The molecule has 1 aliphatic carbocycles. The summed E-state index contributed by atoms with van der Waals surface area (Å²) >= 11 is 7.47. The van der Waals surface area contributed by atoms with E-state index in [0.29, 0.717) is 27.3 Å². The van der Waals surface area contributed by atoms with Gasteiger partial charge in [-0.25, -0.2) is 4.79 Å². The van der Waals surface area contributed by atoms with Gasteiger partial charge in [0.2, 0.25) is 0 Å². The number of carbonyl (C=O) groups is 2. The SMILES string of the molecule is COC(=O)c1c(NC(=O)COc2ccccc2Cl)sc2c1CC[C@H](C)C2. The molecule has 0 fully saturated rings. The van der Waals surface area contributed by atoms with Gasteiger partial charge in [-0.3, -0.25) is 4.79 Å². The minimum absolute atomic E-state index is 0.191. The molecule has 3 rings (SSSR count). The van der Waals surface area contributed by atoms with Gasteiger partial charge in [-0.1, -0.05) is 30.7 Å². The molecule has 0 unspecified atom stereocenters. The molecule has 1 aromatic heterocycles. The summed E-state index contributed by atoms with van der Waals surface area (Å²) in [7, 11) is 1.35. The van der Waals surface area contributed by atoms with Crippen molar-refractivity contribution in [3.05, 3.63) is 45.3 Å². The van der Waals surface area contributed by atoms with Crippen molar-refractivity contribution >= 4 is 39.8 Å². The Morgan fingerprint density at radius 1 is 1.35 bits per heavy atom. The van der Waals surface area contributed by atoms with Crippen molar-refractivity contribution in [2.45, 2.75) is 26.2 Å². The molecule has 0 bridgehead atoms. The molecular weight excluding hydrogens is 374 g/mol. The lowest BCUT2D eigenvalue weighted by Crippen LogP contribution is -2.21. The van der Waals surface area contributed by atoms with Crippen LogP contribution in [0.3, 0.4) is 0 Å². The van der Waals surface area contributed by atoms with Crippen LogP contribution in [-0.4, -0.2) is 25.6 Å². The quantitative estimate of drug-likeness (QED) is 0.768. The van der Waals surface area contributed by atoms with Gasteiger partial charge in [-0.15, -0.1) is 11.3 Å². The number of ether oxygens (including phenoxy) is 2. The molecule has 1 N–H and O–H groups in total. The number of benzene rings is 1. The first-order valence-electron chi connectivity index (χ1n) is 8.39. The van der Waals surface area contributed by atoms with E-state index < -0.39 is 5.97 Å². The van der Waals surface area contributed by atoms with Crippen LogP contribution in [0.1, 0.15) is 34.1 Å². The number of hydrogen-bond donors (Lipinski definition) is 1. The number of para-hydroxylation sites is 1. The Morgan fingerprint density at radius 2 is 2.12 bits per heavy atom. The maximum Gasteiger partial charge on any atom is 0.341 e. The fourth-order valence-corrected chi connectivity index (χ4v) is 4.63. The van der Waals surface area contributed by atoms with E-state index >= 15 is 0 Å². The average Bonchev–Trinajstić information content (AvgIpc) is 2.97. The highest BCUT2D eigenvalue weighted by Crippen LogP contribution is 2.40. The summed E-state index contributed by atoms with van der Waals surface area (Å²) in [6.45, 7) is 2.00. The number of hydrogen-bond acceptors (Lipinski definition) is 5. The van der Waals surface area contributed by atoms with E-state index in [0.717, 1.165) is 29.7 Å². The fourth-order valence-electron chi connectivity index (χ4n) is 3.02. The molecule has 0 spiro atoms. The van der Waals surface area contributed by atoms with Crippen LogP contribution in [0.15, 0.2) is 24.3 Å². The highest BCUT2D eigenvalue weighted by Gasteiger charge is 2.28. The molecule has 1 atom stereocenters. The molecular formula is C19H20ClNO4S. The van der Waals surface area contributed by atoms with Gasteiger partial charge in [0.05, 0.1) is 17.7 Å². The van der Waals surface area contributed by atoms with Crippen molar-refractivity contribution in [2.75, 3.05) is 19.0 Å². The molecule has 2 aromatic rings. The number of anilines is 1. The van der Waals surface area contributed by atoms with Gasteiger partial charge in [-0.05, 0) is 42.9 Å². The van der Waals surface area contributed by atoms with Gasteiger partial charge in [0.25, 0.3) is 5.91 Å². The number of methoxy groups -OCH3 is 1. The Morgan fingerprint density at radius 3 is 2.85 bits per heavy atom. The van der Waals surface area contributed by atoms with Crippen LogP contribution in [0.2, 0.25) is 5.02 Å². The summed E-state index contributed by atoms with van der Waals surface area (Å²) in [5.74, 6) is 0.247. The number of halogens is 1. The molecule has 0 aliphatic heterocycles. The van der Waals surface area contributed by atoms with Crippen LogP contribution < -0.4 is 10.1 Å². The number of amides is 1. The lowest BCUT2D eigenvalue weighted by Gasteiger charge is -2.18. The first-order chi connectivity index (χ1) is 12.5. The normalized spacial score (nSPS) is 15.9. The first-order valence-corrected chi connectivity index (χ1v) is 9.59. The first kappa shape index (κ1) is 18.7.